The molecule has 0 bridgehead atoms. The second-order valence-corrected chi connectivity index (χ2v) is 8.36. The van der Waals surface area contributed by atoms with E-state index in [0.717, 1.165) is 17.9 Å². The van der Waals surface area contributed by atoms with E-state index >= 15 is 0 Å². The summed E-state index contributed by atoms with van der Waals surface area (Å²) in [5.74, 6) is 0.898. The third-order valence-electron chi connectivity index (χ3n) is 4.66. The molecule has 0 aliphatic carbocycles. The summed E-state index contributed by atoms with van der Waals surface area (Å²) in [6.45, 7) is 9.16. The Kier molecular flexibility index (Phi) is 5.64. The summed E-state index contributed by atoms with van der Waals surface area (Å²) in [6, 6.07) is 8.01. The van der Waals surface area contributed by atoms with Crippen LogP contribution in [0, 0.1) is 13.8 Å². The molecule has 0 spiro atoms. The molecule has 0 unspecified atom stereocenters. The molecule has 7 nitrogen and oxygen atoms in total. The lowest BCUT2D eigenvalue weighted by molar-refractivity contribution is 0.179. The Hall–Kier alpha value is -1.90. The molecule has 0 atom stereocenters. The molecule has 0 radical (unpaired) electrons. The molecule has 26 heavy (non-hydrogen) atoms. The highest BCUT2D eigenvalue weighted by molar-refractivity contribution is 7.89. The van der Waals surface area contributed by atoms with Crippen LogP contribution in [0.4, 0.5) is 0 Å². The maximum atomic E-state index is 12.9. The number of aromatic amines is 1. The molecule has 1 aromatic carbocycles. The summed E-state index contributed by atoms with van der Waals surface area (Å²) in [5, 5.41) is 6.78. The van der Waals surface area contributed by atoms with Gasteiger partial charge in [0.2, 0.25) is 10.0 Å². The molecular weight excluding hydrogens is 352 g/mol. The van der Waals surface area contributed by atoms with Crippen molar-refractivity contribution in [3.05, 3.63) is 41.2 Å². The average molecular weight is 378 g/mol. The molecule has 1 saturated heterocycles. The van der Waals surface area contributed by atoms with Crippen LogP contribution in [-0.4, -0.2) is 60.6 Å². The molecule has 1 aliphatic heterocycles. The van der Waals surface area contributed by atoms with Crippen LogP contribution in [0.1, 0.15) is 23.9 Å². The molecule has 2 aromatic rings. The van der Waals surface area contributed by atoms with E-state index in [1.54, 1.807) is 18.2 Å². The lowest BCUT2D eigenvalue weighted by Crippen LogP contribution is -2.48. The van der Waals surface area contributed by atoms with Gasteiger partial charge in [0, 0.05) is 38.3 Å². The zero-order valence-corrected chi connectivity index (χ0v) is 16.3. The van der Waals surface area contributed by atoms with Crippen LogP contribution in [0.2, 0.25) is 0 Å². The number of H-pyrrole nitrogens is 1. The summed E-state index contributed by atoms with van der Waals surface area (Å²) < 4.78 is 33.1. The minimum absolute atomic E-state index is 0.313. The first kappa shape index (κ1) is 18.9. The fourth-order valence-electron chi connectivity index (χ4n) is 3.35. The Labute approximate surface area is 155 Å². The number of aryl methyl sites for hydroxylation is 2. The molecule has 1 fully saturated rings. The Bertz CT molecular complexity index is 836. The first-order valence-electron chi connectivity index (χ1n) is 8.88. The van der Waals surface area contributed by atoms with Gasteiger partial charge < -0.3 is 4.74 Å². The second-order valence-electron chi connectivity index (χ2n) is 6.48. The van der Waals surface area contributed by atoms with Gasteiger partial charge in [-0.15, -0.1) is 0 Å². The van der Waals surface area contributed by atoms with Gasteiger partial charge in [-0.05, 0) is 26.8 Å². The van der Waals surface area contributed by atoms with Crippen molar-refractivity contribution in [2.24, 2.45) is 0 Å². The number of ether oxygens (including phenoxy) is 1. The zero-order valence-electron chi connectivity index (χ0n) is 15.5. The van der Waals surface area contributed by atoms with Crippen LogP contribution in [0.15, 0.2) is 29.2 Å². The maximum Gasteiger partial charge on any atom is 0.246 e. The van der Waals surface area contributed by atoms with Gasteiger partial charge in [0.25, 0.3) is 0 Å². The normalized spacial score (nSPS) is 16.7. The first-order chi connectivity index (χ1) is 12.4. The Morgan fingerprint density at radius 3 is 2.46 bits per heavy atom. The van der Waals surface area contributed by atoms with E-state index in [1.807, 2.05) is 25.1 Å². The zero-order chi connectivity index (χ0) is 18.7. The minimum atomic E-state index is -3.50. The van der Waals surface area contributed by atoms with E-state index in [1.165, 1.54) is 0 Å². The number of piperazine rings is 1. The quantitative estimate of drug-likeness (QED) is 0.831. The largest absolute Gasteiger partial charge is 0.494 e. The molecule has 0 amide bonds. The van der Waals surface area contributed by atoms with Gasteiger partial charge in [-0.1, -0.05) is 18.2 Å². The lowest BCUT2D eigenvalue weighted by atomic mass is 10.2. The Morgan fingerprint density at radius 1 is 1.15 bits per heavy atom. The Morgan fingerprint density at radius 2 is 1.85 bits per heavy atom. The summed E-state index contributed by atoms with van der Waals surface area (Å²) in [5.41, 5.74) is 2.25. The monoisotopic (exact) mass is 378 g/mol. The second kappa shape index (κ2) is 7.77. The van der Waals surface area contributed by atoms with Crippen molar-refractivity contribution in [2.75, 3.05) is 32.8 Å². The number of benzene rings is 1. The van der Waals surface area contributed by atoms with Crippen LogP contribution in [0.25, 0.3) is 0 Å². The fourth-order valence-corrected chi connectivity index (χ4v) is 5.10. The lowest BCUT2D eigenvalue weighted by Gasteiger charge is -2.34. The number of para-hydroxylation sites is 1. The van der Waals surface area contributed by atoms with E-state index in [2.05, 4.69) is 21.2 Å². The van der Waals surface area contributed by atoms with Crippen LogP contribution in [0.5, 0.6) is 5.75 Å². The average Bonchev–Trinajstić information content (AvgIpc) is 2.96. The molecule has 0 saturated carbocycles. The summed E-state index contributed by atoms with van der Waals surface area (Å²) in [7, 11) is -3.50. The number of rotatable bonds is 6. The number of hydrogen-bond donors (Lipinski definition) is 1. The van der Waals surface area contributed by atoms with E-state index in [0.29, 0.717) is 49.1 Å². The first-order valence-corrected chi connectivity index (χ1v) is 10.3. The van der Waals surface area contributed by atoms with Crippen molar-refractivity contribution in [3.8, 4) is 5.75 Å². The number of nitrogens with zero attached hydrogens (tertiary/aromatic N) is 3. The molecule has 142 valence electrons. The molecular formula is C18H26N4O3S. The number of sulfonamides is 1. The third kappa shape index (κ3) is 3.77. The molecule has 3 rings (SSSR count). The maximum absolute atomic E-state index is 12.9. The molecule has 8 heteroatoms. The number of aromatic nitrogens is 2. The van der Waals surface area contributed by atoms with Gasteiger partial charge in [0.15, 0.2) is 0 Å². The van der Waals surface area contributed by atoms with Crippen molar-refractivity contribution in [1.29, 1.82) is 0 Å². The van der Waals surface area contributed by atoms with Gasteiger partial charge in [0.1, 0.15) is 10.6 Å². The topological polar surface area (TPSA) is 78.5 Å². The Balaban J connectivity index is 1.67. The van der Waals surface area contributed by atoms with Gasteiger partial charge in [-0.3, -0.25) is 10.00 Å². The highest BCUT2D eigenvalue weighted by Gasteiger charge is 2.32. The predicted molar refractivity (Wildman–Crippen MR) is 99.7 cm³/mol. The molecule has 1 aliphatic rings. The minimum Gasteiger partial charge on any atom is -0.494 e. The van der Waals surface area contributed by atoms with E-state index in [4.69, 9.17) is 4.74 Å². The molecule has 1 aromatic heterocycles. The highest BCUT2D eigenvalue weighted by Crippen LogP contribution is 2.24. The summed E-state index contributed by atoms with van der Waals surface area (Å²) in [6.07, 6.45) is 0. The van der Waals surface area contributed by atoms with E-state index in [9.17, 15) is 8.42 Å². The fraction of sp³-hybridized carbons (Fsp3) is 0.500. The van der Waals surface area contributed by atoms with Crippen molar-refractivity contribution in [3.63, 3.8) is 0 Å². The van der Waals surface area contributed by atoms with Crippen LogP contribution in [0.3, 0.4) is 0 Å². The SMILES string of the molecule is CCOc1ccccc1CN1CCN(S(=O)(=O)c2c(C)n[nH]c2C)CC1. The summed E-state index contributed by atoms with van der Waals surface area (Å²) >= 11 is 0. The van der Waals surface area contributed by atoms with Crippen molar-refractivity contribution < 1.29 is 13.2 Å². The molecule has 1 N–H and O–H groups in total. The smallest absolute Gasteiger partial charge is 0.246 e. The third-order valence-corrected chi connectivity index (χ3v) is 6.82. The number of hydrogen-bond acceptors (Lipinski definition) is 5. The highest BCUT2D eigenvalue weighted by atomic mass is 32.2. The van der Waals surface area contributed by atoms with Gasteiger partial charge in [-0.25, -0.2) is 8.42 Å². The standard InChI is InChI=1S/C18H26N4O3S/c1-4-25-17-8-6-5-7-16(17)13-21-9-11-22(12-10-21)26(23,24)18-14(2)19-20-15(18)3/h5-8H,4,9-13H2,1-3H3,(H,19,20). The summed E-state index contributed by atoms with van der Waals surface area (Å²) in [4.78, 5) is 2.58. The number of nitrogens with one attached hydrogen (secondary N) is 1. The van der Waals surface area contributed by atoms with Gasteiger partial charge in [-0.2, -0.15) is 9.40 Å². The van der Waals surface area contributed by atoms with Crippen LogP contribution >= 0.6 is 0 Å². The van der Waals surface area contributed by atoms with Gasteiger partial charge in [0.05, 0.1) is 18.0 Å². The van der Waals surface area contributed by atoms with Crippen molar-refractivity contribution in [2.45, 2.75) is 32.2 Å². The molecule has 2 heterocycles. The van der Waals surface area contributed by atoms with Crippen LogP contribution in [-0.2, 0) is 16.6 Å². The van der Waals surface area contributed by atoms with E-state index < -0.39 is 10.0 Å². The van der Waals surface area contributed by atoms with Crippen molar-refractivity contribution in [1.82, 2.24) is 19.4 Å². The van der Waals surface area contributed by atoms with Gasteiger partial charge >= 0.3 is 0 Å². The van der Waals surface area contributed by atoms with Crippen molar-refractivity contribution >= 4 is 10.0 Å². The predicted octanol–water partition coefficient (Wildman–Crippen LogP) is 1.93. The van der Waals surface area contributed by atoms with E-state index in [-0.39, 0.29) is 0 Å². The van der Waals surface area contributed by atoms with Crippen LogP contribution < -0.4 is 4.74 Å².